The second kappa shape index (κ2) is 3.73. The Morgan fingerprint density at radius 2 is 1.93 bits per heavy atom. The summed E-state index contributed by atoms with van der Waals surface area (Å²) < 4.78 is 0. The van der Waals surface area contributed by atoms with Gasteiger partial charge in [-0.15, -0.1) is 0 Å². The van der Waals surface area contributed by atoms with Gasteiger partial charge >= 0.3 is 0 Å². The van der Waals surface area contributed by atoms with Crippen LogP contribution in [0.2, 0.25) is 0 Å². The predicted octanol–water partition coefficient (Wildman–Crippen LogP) is 0.386. The van der Waals surface area contributed by atoms with Gasteiger partial charge in [0.2, 0.25) is 5.91 Å². The van der Waals surface area contributed by atoms with E-state index in [0.29, 0.717) is 18.5 Å². The molecule has 1 saturated heterocycles. The van der Waals surface area contributed by atoms with Gasteiger partial charge in [-0.1, -0.05) is 18.2 Å². The van der Waals surface area contributed by atoms with E-state index in [1.165, 1.54) is 4.90 Å². The molecule has 1 fully saturated rings. The maximum atomic E-state index is 11.9. The molecule has 1 heterocycles. The SMILES string of the molecule is NC(=O)C1CCN1C(=O)c1ccccc1. The molecule has 1 aromatic carbocycles. The third-order valence-corrected chi connectivity index (χ3v) is 2.63. The fourth-order valence-corrected chi connectivity index (χ4v) is 1.67. The van der Waals surface area contributed by atoms with E-state index in [2.05, 4.69) is 0 Å². The van der Waals surface area contributed by atoms with Crippen LogP contribution in [-0.2, 0) is 4.79 Å². The second-order valence-corrected chi connectivity index (χ2v) is 3.57. The van der Waals surface area contributed by atoms with E-state index in [9.17, 15) is 9.59 Å². The van der Waals surface area contributed by atoms with Gasteiger partial charge in [0.25, 0.3) is 5.91 Å². The van der Waals surface area contributed by atoms with E-state index in [0.717, 1.165) is 0 Å². The third kappa shape index (κ3) is 1.70. The minimum absolute atomic E-state index is 0.120. The Bertz CT molecular complexity index is 389. The Balaban J connectivity index is 2.13. The maximum absolute atomic E-state index is 11.9. The average molecular weight is 204 g/mol. The third-order valence-electron chi connectivity index (χ3n) is 2.63. The molecule has 1 aliphatic rings. The first-order chi connectivity index (χ1) is 7.20. The van der Waals surface area contributed by atoms with E-state index < -0.39 is 11.9 Å². The van der Waals surface area contributed by atoms with Crippen LogP contribution in [0.3, 0.4) is 0 Å². The Morgan fingerprint density at radius 1 is 1.27 bits per heavy atom. The van der Waals surface area contributed by atoms with Crippen molar-refractivity contribution in [2.75, 3.05) is 6.54 Å². The number of nitrogens with zero attached hydrogens (tertiary/aromatic N) is 1. The molecule has 1 aromatic rings. The number of primary amides is 1. The van der Waals surface area contributed by atoms with Gasteiger partial charge in [-0.3, -0.25) is 9.59 Å². The zero-order valence-corrected chi connectivity index (χ0v) is 8.22. The van der Waals surface area contributed by atoms with E-state index in [1.807, 2.05) is 6.07 Å². The molecule has 2 N–H and O–H groups in total. The highest BCUT2D eigenvalue weighted by Gasteiger charge is 2.36. The van der Waals surface area contributed by atoms with Crippen molar-refractivity contribution in [3.63, 3.8) is 0 Å². The van der Waals surface area contributed by atoms with Crippen LogP contribution >= 0.6 is 0 Å². The lowest BCUT2D eigenvalue weighted by atomic mass is 10.0. The summed E-state index contributed by atoms with van der Waals surface area (Å²) in [5.41, 5.74) is 5.77. The normalized spacial score (nSPS) is 19.5. The van der Waals surface area contributed by atoms with Crippen LogP contribution < -0.4 is 5.73 Å². The van der Waals surface area contributed by atoms with E-state index in [1.54, 1.807) is 24.3 Å². The van der Waals surface area contributed by atoms with Crippen LogP contribution in [0.25, 0.3) is 0 Å². The van der Waals surface area contributed by atoms with Gasteiger partial charge in [-0.05, 0) is 18.6 Å². The molecule has 0 aliphatic carbocycles. The molecule has 0 aromatic heterocycles. The lowest BCUT2D eigenvalue weighted by Gasteiger charge is -2.38. The molecule has 1 atom stereocenters. The number of benzene rings is 1. The number of carbonyl (C=O) groups is 2. The highest BCUT2D eigenvalue weighted by atomic mass is 16.2. The van der Waals surface area contributed by atoms with Crippen molar-refractivity contribution in [1.29, 1.82) is 0 Å². The lowest BCUT2D eigenvalue weighted by molar-refractivity contribution is -0.125. The summed E-state index contributed by atoms with van der Waals surface area (Å²) in [5.74, 6) is -0.545. The quantitative estimate of drug-likeness (QED) is 0.757. The number of hydrogen-bond acceptors (Lipinski definition) is 2. The van der Waals surface area contributed by atoms with E-state index in [4.69, 9.17) is 5.73 Å². The van der Waals surface area contributed by atoms with E-state index >= 15 is 0 Å². The predicted molar refractivity (Wildman–Crippen MR) is 55.1 cm³/mol. The number of nitrogens with two attached hydrogens (primary N) is 1. The molecule has 0 spiro atoms. The zero-order valence-electron chi connectivity index (χ0n) is 8.22. The Hall–Kier alpha value is -1.84. The second-order valence-electron chi connectivity index (χ2n) is 3.57. The molecule has 2 amide bonds. The minimum Gasteiger partial charge on any atom is -0.368 e. The number of likely N-dealkylation sites (tertiary alicyclic amines) is 1. The molecule has 4 nitrogen and oxygen atoms in total. The summed E-state index contributed by atoms with van der Waals surface area (Å²) in [7, 11) is 0. The topological polar surface area (TPSA) is 63.4 Å². The molecule has 0 radical (unpaired) electrons. The van der Waals surface area contributed by atoms with Crippen molar-refractivity contribution < 1.29 is 9.59 Å². The molecule has 0 bridgehead atoms. The average Bonchev–Trinajstić information content (AvgIpc) is 2.16. The van der Waals surface area contributed by atoms with Gasteiger partial charge < -0.3 is 10.6 Å². The summed E-state index contributed by atoms with van der Waals surface area (Å²) in [6, 6.07) is 8.49. The number of amides is 2. The first kappa shape index (κ1) is 9.71. The van der Waals surface area contributed by atoms with Crippen molar-refractivity contribution in [3.05, 3.63) is 35.9 Å². The van der Waals surface area contributed by atoms with Crippen molar-refractivity contribution in [3.8, 4) is 0 Å². The zero-order chi connectivity index (χ0) is 10.8. The van der Waals surface area contributed by atoms with Gasteiger partial charge in [0.1, 0.15) is 6.04 Å². The van der Waals surface area contributed by atoms with Crippen LogP contribution in [0.4, 0.5) is 0 Å². The van der Waals surface area contributed by atoms with Crippen molar-refractivity contribution >= 4 is 11.8 Å². The van der Waals surface area contributed by atoms with Crippen LogP contribution in [0, 0.1) is 0 Å². The van der Waals surface area contributed by atoms with Gasteiger partial charge in [0, 0.05) is 12.1 Å². The molecule has 1 aliphatic heterocycles. The lowest BCUT2D eigenvalue weighted by Crippen LogP contribution is -2.57. The molecule has 2 rings (SSSR count). The van der Waals surface area contributed by atoms with Crippen molar-refractivity contribution in [2.24, 2.45) is 5.73 Å². The summed E-state index contributed by atoms with van der Waals surface area (Å²) in [6.07, 6.45) is 0.675. The molecule has 78 valence electrons. The summed E-state index contributed by atoms with van der Waals surface area (Å²) in [6.45, 7) is 0.612. The standard InChI is InChI=1S/C11H12N2O2/c12-10(14)9-6-7-13(9)11(15)8-4-2-1-3-5-8/h1-5,9H,6-7H2,(H2,12,14). The summed E-state index contributed by atoms with van der Waals surface area (Å²) in [4.78, 5) is 24.3. The van der Waals surface area contributed by atoms with Gasteiger partial charge in [0.15, 0.2) is 0 Å². The molecular weight excluding hydrogens is 192 g/mol. The first-order valence-electron chi connectivity index (χ1n) is 4.85. The van der Waals surface area contributed by atoms with Crippen molar-refractivity contribution in [1.82, 2.24) is 4.90 Å². The monoisotopic (exact) mass is 204 g/mol. The van der Waals surface area contributed by atoms with Gasteiger partial charge in [0.05, 0.1) is 0 Å². The number of carbonyl (C=O) groups excluding carboxylic acids is 2. The maximum Gasteiger partial charge on any atom is 0.254 e. The van der Waals surface area contributed by atoms with Crippen molar-refractivity contribution in [2.45, 2.75) is 12.5 Å². The highest BCUT2D eigenvalue weighted by Crippen LogP contribution is 2.19. The van der Waals surface area contributed by atoms with Gasteiger partial charge in [-0.2, -0.15) is 0 Å². The van der Waals surface area contributed by atoms with Crippen LogP contribution in [0.15, 0.2) is 30.3 Å². The first-order valence-corrected chi connectivity index (χ1v) is 4.85. The molecule has 15 heavy (non-hydrogen) atoms. The highest BCUT2D eigenvalue weighted by molar-refractivity contribution is 5.98. The van der Waals surface area contributed by atoms with E-state index in [-0.39, 0.29) is 5.91 Å². The van der Waals surface area contributed by atoms with Crippen LogP contribution in [-0.4, -0.2) is 29.3 Å². The fraction of sp³-hybridized carbons (Fsp3) is 0.273. The minimum atomic E-state index is -0.425. The fourth-order valence-electron chi connectivity index (χ4n) is 1.67. The largest absolute Gasteiger partial charge is 0.368 e. The summed E-state index contributed by atoms with van der Waals surface area (Å²) >= 11 is 0. The van der Waals surface area contributed by atoms with Crippen LogP contribution in [0.1, 0.15) is 16.8 Å². The molecule has 4 heteroatoms. The summed E-state index contributed by atoms with van der Waals surface area (Å²) in [5, 5.41) is 0. The Kier molecular flexibility index (Phi) is 2.41. The van der Waals surface area contributed by atoms with Crippen LogP contribution in [0.5, 0.6) is 0 Å². The van der Waals surface area contributed by atoms with Gasteiger partial charge in [-0.25, -0.2) is 0 Å². The molecular formula is C11H12N2O2. The molecule has 1 unspecified atom stereocenters. The smallest absolute Gasteiger partial charge is 0.254 e. The Morgan fingerprint density at radius 3 is 2.40 bits per heavy atom. The molecule has 0 saturated carbocycles. The number of rotatable bonds is 2. The number of hydrogen-bond donors (Lipinski definition) is 1. The Labute approximate surface area is 87.7 Å².